The summed E-state index contributed by atoms with van der Waals surface area (Å²) < 4.78 is 10.5. The van der Waals surface area contributed by atoms with Crippen molar-refractivity contribution in [3.63, 3.8) is 0 Å². The van der Waals surface area contributed by atoms with Gasteiger partial charge in [0.2, 0.25) is 0 Å². The van der Waals surface area contributed by atoms with Crippen LogP contribution in [0.25, 0.3) is 0 Å². The van der Waals surface area contributed by atoms with Gasteiger partial charge in [-0.3, -0.25) is 19.2 Å². The average Bonchev–Trinajstić information content (AvgIpc) is 3.06. The van der Waals surface area contributed by atoms with Crippen molar-refractivity contribution >= 4 is 23.5 Å². The van der Waals surface area contributed by atoms with Crippen LogP contribution in [-0.2, 0) is 28.7 Å². The summed E-state index contributed by atoms with van der Waals surface area (Å²) in [5.41, 5.74) is 2.26. The Balaban J connectivity index is 0.000000490. The Morgan fingerprint density at radius 1 is 0.673 bits per heavy atom. The lowest BCUT2D eigenvalue weighted by atomic mass is 9.81. The van der Waals surface area contributed by atoms with E-state index < -0.39 is 12.2 Å². The maximum Gasteiger partial charge on any atom is 0.313 e. The first-order valence-electron chi connectivity index (χ1n) is 18.9. The topological polar surface area (TPSA) is 127 Å². The van der Waals surface area contributed by atoms with Gasteiger partial charge in [0, 0.05) is 23.7 Å². The molecule has 0 bridgehead atoms. The van der Waals surface area contributed by atoms with Crippen molar-refractivity contribution in [3.8, 4) is 0 Å². The van der Waals surface area contributed by atoms with Crippen molar-refractivity contribution in [1.29, 1.82) is 0 Å². The van der Waals surface area contributed by atoms with E-state index in [0.717, 1.165) is 43.3 Å². The molecule has 0 aromatic rings. The van der Waals surface area contributed by atoms with Crippen molar-refractivity contribution < 1.29 is 38.9 Å². The van der Waals surface area contributed by atoms with Crippen LogP contribution in [0.5, 0.6) is 0 Å². The van der Waals surface area contributed by atoms with Crippen molar-refractivity contribution in [2.75, 3.05) is 0 Å². The first-order chi connectivity index (χ1) is 22.7. The van der Waals surface area contributed by atoms with Crippen molar-refractivity contribution in [3.05, 3.63) is 23.3 Å². The molecule has 2 N–H and O–H groups in total. The van der Waals surface area contributed by atoms with Crippen LogP contribution in [-0.4, -0.2) is 58.1 Å². The van der Waals surface area contributed by atoms with E-state index in [1.165, 1.54) is 0 Å². The predicted molar refractivity (Wildman–Crippen MR) is 195 cm³/mol. The number of rotatable bonds is 19. The molecular weight excluding hydrogens is 620 g/mol. The minimum Gasteiger partial charge on any atom is -0.461 e. The molecule has 0 amide bonds. The lowest BCUT2D eigenvalue weighted by molar-refractivity contribution is -0.191. The van der Waals surface area contributed by atoms with Gasteiger partial charge in [-0.25, -0.2) is 0 Å². The Bertz CT molecular complexity index is 1160. The number of hydrogen-bond acceptors (Lipinski definition) is 8. The van der Waals surface area contributed by atoms with Gasteiger partial charge in [0.05, 0.1) is 24.0 Å². The van der Waals surface area contributed by atoms with Gasteiger partial charge in [0.25, 0.3) is 0 Å². The number of aliphatic hydroxyl groups is 2. The van der Waals surface area contributed by atoms with Gasteiger partial charge < -0.3 is 19.7 Å². The zero-order chi connectivity index (χ0) is 37.9. The summed E-state index contributed by atoms with van der Waals surface area (Å²) in [6.07, 6.45) is 6.95. The molecular formula is C41H70O8. The number of cyclic esters (lactones) is 2. The van der Waals surface area contributed by atoms with Crippen molar-refractivity contribution in [1.82, 2.24) is 0 Å². The van der Waals surface area contributed by atoms with Gasteiger partial charge in [-0.2, -0.15) is 0 Å². The molecule has 8 heteroatoms. The molecule has 14 atom stereocenters. The number of esters is 2. The highest BCUT2D eigenvalue weighted by Gasteiger charge is 2.44. The summed E-state index contributed by atoms with van der Waals surface area (Å²) in [5.74, 6) is -0.450. The number of hydrogen-bond donors (Lipinski definition) is 2. The maximum atomic E-state index is 12.6. The SMILES string of the molecule is CC[C@@H]1C(=O)OC1[C@@H](C)C/C(C)=C/[C@@H](C)C(=O)[C@@H](C)[C@H](O)[C@@H](C)CC.CC[C@H](C)[C@@H](O)[C@H](C)C(=O)[C@H](C)/C=C(\C)C[C@H](C)C1OC(=O)[C@H]1C. The normalized spacial score (nSPS) is 27.2. The fourth-order valence-electron chi connectivity index (χ4n) is 7.33. The summed E-state index contributed by atoms with van der Waals surface area (Å²) in [7, 11) is 0. The van der Waals surface area contributed by atoms with Gasteiger partial charge in [-0.15, -0.1) is 0 Å². The molecule has 2 aliphatic heterocycles. The van der Waals surface area contributed by atoms with E-state index in [2.05, 4.69) is 13.8 Å². The lowest BCUT2D eigenvalue weighted by Crippen LogP contribution is -2.48. The van der Waals surface area contributed by atoms with E-state index in [1.807, 2.05) is 95.2 Å². The highest BCUT2D eigenvalue weighted by Crippen LogP contribution is 2.35. The average molecular weight is 691 g/mol. The molecule has 2 saturated heterocycles. The van der Waals surface area contributed by atoms with Crippen LogP contribution in [0.3, 0.4) is 0 Å². The van der Waals surface area contributed by atoms with Gasteiger partial charge >= 0.3 is 11.9 Å². The van der Waals surface area contributed by atoms with Gasteiger partial charge in [-0.1, -0.05) is 112 Å². The number of aliphatic hydroxyl groups excluding tert-OH is 2. The monoisotopic (exact) mass is 691 g/mol. The number of carbonyl (C=O) groups excluding carboxylic acids is 4. The van der Waals surface area contributed by atoms with E-state index in [4.69, 9.17) is 9.47 Å². The molecule has 2 rings (SSSR count). The van der Waals surface area contributed by atoms with Crippen LogP contribution >= 0.6 is 0 Å². The molecule has 0 radical (unpaired) electrons. The quantitative estimate of drug-likeness (QED) is 0.103. The maximum absolute atomic E-state index is 12.6. The van der Waals surface area contributed by atoms with Crippen LogP contribution < -0.4 is 0 Å². The number of Topliss-reactive ketones (excluding diaryl/α,β-unsaturated/α-hetero) is 2. The molecule has 0 spiro atoms. The van der Waals surface area contributed by atoms with E-state index in [1.54, 1.807) is 0 Å². The second kappa shape index (κ2) is 20.5. The second-order valence-corrected chi connectivity index (χ2v) is 15.7. The van der Waals surface area contributed by atoms with Crippen LogP contribution in [0.1, 0.15) is 129 Å². The Kier molecular flexibility index (Phi) is 18.7. The largest absolute Gasteiger partial charge is 0.461 e. The van der Waals surface area contributed by atoms with Crippen LogP contribution in [0, 0.1) is 59.2 Å². The van der Waals surface area contributed by atoms with E-state index in [-0.39, 0.29) is 94.9 Å². The minimum atomic E-state index is -0.590. The second-order valence-electron chi connectivity index (χ2n) is 15.7. The molecule has 2 aliphatic rings. The smallest absolute Gasteiger partial charge is 0.313 e. The van der Waals surface area contributed by atoms with Crippen molar-refractivity contribution in [2.45, 2.75) is 153 Å². The zero-order valence-electron chi connectivity index (χ0n) is 33.1. The Morgan fingerprint density at radius 2 is 1.04 bits per heavy atom. The molecule has 2 fully saturated rings. The van der Waals surface area contributed by atoms with Crippen LogP contribution in [0.2, 0.25) is 0 Å². The molecule has 49 heavy (non-hydrogen) atoms. The Labute approximate surface area is 297 Å². The third-order valence-corrected chi connectivity index (χ3v) is 11.3. The van der Waals surface area contributed by atoms with E-state index in [9.17, 15) is 29.4 Å². The third-order valence-electron chi connectivity index (χ3n) is 11.3. The Hall–Kier alpha value is -2.32. The number of ketones is 2. The number of ether oxygens (including phenoxy) is 2. The molecule has 0 aromatic heterocycles. The molecule has 2 unspecified atom stereocenters. The number of carbonyl (C=O) groups is 4. The molecule has 8 nitrogen and oxygen atoms in total. The van der Waals surface area contributed by atoms with Crippen LogP contribution in [0.4, 0.5) is 0 Å². The summed E-state index contributed by atoms with van der Waals surface area (Å²) in [5, 5.41) is 20.5. The molecule has 0 saturated carbocycles. The third kappa shape index (κ3) is 12.4. The standard InChI is InChI=1S/C21H36O4.C20H34O4/c1-8-13(4)18(22)16(7)19(23)14(5)10-12(3)11-15(6)20-17(9-2)21(24)25-20;1-8-12(3)17(21)15(6)18(22)13(4)9-11(2)10-14(5)19-16(7)20(23)24-19/h10,13-18,20,22H,8-9,11H2,1-7H3;9,12-17,19,21H,8,10H2,1-7H3/b12-10+;11-9+/t13-,14+,15-,16-,17-,18+,20?;12-,13+,14-,15-,16-,17+,19?/m00/s1. The minimum absolute atomic E-state index is 0.00185. The first-order valence-corrected chi connectivity index (χ1v) is 18.9. The molecule has 282 valence electrons. The molecule has 0 aliphatic carbocycles. The Morgan fingerprint density at radius 3 is 1.35 bits per heavy atom. The highest BCUT2D eigenvalue weighted by molar-refractivity contribution is 5.85. The van der Waals surface area contributed by atoms with Gasteiger partial charge in [0.15, 0.2) is 0 Å². The van der Waals surface area contributed by atoms with Gasteiger partial charge in [0.1, 0.15) is 23.8 Å². The highest BCUT2D eigenvalue weighted by atomic mass is 16.6. The first kappa shape index (κ1) is 44.7. The molecule has 2 heterocycles. The fraction of sp³-hybridized carbons (Fsp3) is 0.805. The summed E-state index contributed by atoms with van der Waals surface area (Å²) in [6.45, 7) is 27.5. The summed E-state index contributed by atoms with van der Waals surface area (Å²) in [6, 6.07) is 0. The van der Waals surface area contributed by atoms with E-state index in [0.29, 0.717) is 0 Å². The molecule has 0 aromatic carbocycles. The predicted octanol–water partition coefficient (Wildman–Crippen LogP) is 7.93. The zero-order valence-corrected chi connectivity index (χ0v) is 33.1. The van der Waals surface area contributed by atoms with Crippen LogP contribution in [0.15, 0.2) is 23.3 Å². The van der Waals surface area contributed by atoms with Gasteiger partial charge in [-0.05, 0) is 63.7 Å². The van der Waals surface area contributed by atoms with E-state index >= 15 is 0 Å². The fourth-order valence-corrected chi connectivity index (χ4v) is 7.33. The summed E-state index contributed by atoms with van der Waals surface area (Å²) >= 11 is 0. The summed E-state index contributed by atoms with van der Waals surface area (Å²) in [4.78, 5) is 47.8. The number of allylic oxidation sites excluding steroid dienone is 4. The van der Waals surface area contributed by atoms with Crippen molar-refractivity contribution in [2.24, 2.45) is 59.2 Å². The lowest BCUT2D eigenvalue weighted by Gasteiger charge is -2.38.